The molecule has 0 saturated carbocycles. The van der Waals surface area contributed by atoms with Gasteiger partial charge < -0.3 is 14.8 Å². The maximum Gasteiger partial charge on any atom is 0.225 e. The molecular formula is C11H17N3O2. The SMILES string of the molecule is CCCNc1ncc(C)c(OC2COC2)n1. The molecule has 1 aliphatic heterocycles. The monoisotopic (exact) mass is 223 g/mol. The molecule has 1 N–H and O–H groups in total. The molecule has 1 fully saturated rings. The minimum Gasteiger partial charge on any atom is -0.469 e. The van der Waals surface area contributed by atoms with E-state index in [1.54, 1.807) is 6.20 Å². The van der Waals surface area contributed by atoms with Crippen LogP contribution in [0.25, 0.3) is 0 Å². The van der Waals surface area contributed by atoms with E-state index in [9.17, 15) is 0 Å². The number of hydrogen-bond donors (Lipinski definition) is 1. The molecule has 1 aromatic rings. The van der Waals surface area contributed by atoms with Crippen LogP contribution >= 0.6 is 0 Å². The third-order valence-electron chi connectivity index (χ3n) is 2.34. The van der Waals surface area contributed by atoms with Gasteiger partial charge in [-0.1, -0.05) is 6.92 Å². The molecule has 16 heavy (non-hydrogen) atoms. The predicted molar refractivity (Wildman–Crippen MR) is 60.8 cm³/mol. The lowest BCUT2D eigenvalue weighted by atomic mass is 10.3. The van der Waals surface area contributed by atoms with Crippen LogP contribution in [0.3, 0.4) is 0 Å². The van der Waals surface area contributed by atoms with Crippen molar-refractivity contribution in [3.63, 3.8) is 0 Å². The first-order valence-corrected chi connectivity index (χ1v) is 5.61. The van der Waals surface area contributed by atoms with E-state index in [4.69, 9.17) is 9.47 Å². The molecule has 2 heterocycles. The lowest BCUT2D eigenvalue weighted by Gasteiger charge is -2.26. The minimum absolute atomic E-state index is 0.146. The summed E-state index contributed by atoms with van der Waals surface area (Å²) < 4.78 is 10.7. The Labute approximate surface area is 95.2 Å². The second-order valence-corrected chi connectivity index (χ2v) is 3.89. The number of hydrogen-bond acceptors (Lipinski definition) is 5. The highest BCUT2D eigenvalue weighted by molar-refractivity contribution is 5.32. The van der Waals surface area contributed by atoms with E-state index in [2.05, 4.69) is 22.2 Å². The highest BCUT2D eigenvalue weighted by Crippen LogP contribution is 2.19. The van der Waals surface area contributed by atoms with Crippen molar-refractivity contribution in [1.82, 2.24) is 9.97 Å². The Morgan fingerprint density at radius 3 is 3.00 bits per heavy atom. The Morgan fingerprint density at radius 2 is 2.38 bits per heavy atom. The molecule has 1 saturated heterocycles. The Morgan fingerprint density at radius 1 is 1.56 bits per heavy atom. The summed E-state index contributed by atoms with van der Waals surface area (Å²) in [4.78, 5) is 8.53. The van der Waals surface area contributed by atoms with Crippen LogP contribution in [0.4, 0.5) is 5.95 Å². The summed E-state index contributed by atoms with van der Waals surface area (Å²) in [6.45, 7) is 6.22. The van der Waals surface area contributed by atoms with Gasteiger partial charge in [0.2, 0.25) is 11.8 Å². The summed E-state index contributed by atoms with van der Waals surface area (Å²) in [5.41, 5.74) is 0.953. The van der Waals surface area contributed by atoms with Gasteiger partial charge in [0.1, 0.15) is 6.10 Å². The normalized spacial score (nSPS) is 15.6. The van der Waals surface area contributed by atoms with Crippen molar-refractivity contribution in [2.45, 2.75) is 26.4 Å². The smallest absolute Gasteiger partial charge is 0.225 e. The summed E-state index contributed by atoms with van der Waals surface area (Å²) in [6.07, 6.45) is 2.97. The first kappa shape index (κ1) is 11.1. The first-order valence-electron chi connectivity index (χ1n) is 5.61. The van der Waals surface area contributed by atoms with Crippen LogP contribution in [0.2, 0.25) is 0 Å². The Kier molecular flexibility index (Phi) is 3.56. The zero-order valence-electron chi connectivity index (χ0n) is 9.69. The molecule has 0 atom stereocenters. The van der Waals surface area contributed by atoms with E-state index < -0.39 is 0 Å². The van der Waals surface area contributed by atoms with Gasteiger partial charge in [-0.3, -0.25) is 0 Å². The fourth-order valence-electron chi connectivity index (χ4n) is 1.31. The molecular weight excluding hydrogens is 206 g/mol. The van der Waals surface area contributed by atoms with Gasteiger partial charge in [-0.15, -0.1) is 0 Å². The summed E-state index contributed by atoms with van der Waals surface area (Å²) in [6, 6.07) is 0. The van der Waals surface area contributed by atoms with Gasteiger partial charge in [-0.2, -0.15) is 4.98 Å². The molecule has 2 rings (SSSR count). The molecule has 1 aromatic heterocycles. The van der Waals surface area contributed by atoms with Gasteiger partial charge in [0.25, 0.3) is 0 Å². The fourth-order valence-corrected chi connectivity index (χ4v) is 1.31. The summed E-state index contributed by atoms with van der Waals surface area (Å²) in [5.74, 6) is 1.28. The lowest BCUT2D eigenvalue weighted by molar-refractivity contribution is -0.0815. The van der Waals surface area contributed by atoms with E-state index in [-0.39, 0.29) is 6.10 Å². The first-order chi connectivity index (χ1) is 7.79. The van der Waals surface area contributed by atoms with Crippen LogP contribution in [0.1, 0.15) is 18.9 Å². The topological polar surface area (TPSA) is 56.3 Å². The van der Waals surface area contributed by atoms with Crippen LogP contribution < -0.4 is 10.1 Å². The molecule has 5 heteroatoms. The molecule has 0 radical (unpaired) electrons. The van der Waals surface area contributed by atoms with E-state index in [1.165, 1.54) is 0 Å². The van der Waals surface area contributed by atoms with E-state index in [0.29, 0.717) is 25.0 Å². The fraction of sp³-hybridized carbons (Fsp3) is 0.636. The highest BCUT2D eigenvalue weighted by atomic mass is 16.6. The highest BCUT2D eigenvalue weighted by Gasteiger charge is 2.21. The predicted octanol–water partition coefficient (Wildman–Crippen LogP) is 1.38. The zero-order valence-corrected chi connectivity index (χ0v) is 9.69. The van der Waals surface area contributed by atoms with Crippen LogP contribution in [-0.4, -0.2) is 35.8 Å². The van der Waals surface area contributed by atoms with Gasteiger partial charge in [0.05, 0.1) is 13.2 Å². The van der Waals surface area contributed by atoms with Gasteiger partial charge >= 0.3 is 0 Å². The van der Waals surface area contributed by atoms with Crippen molar-refractivity contribution in [3.05, 3.63) is 11.8 Å². The number of nitrogens with zero attached hydrogens (tertiary/aromatic N) is 2. The largest absolute Gasteiger partial charge is 0.469 e. The molecule has 0 amide bonds. The van der Waals surface area contributed by atoms with Crippen LogP contribution in [-0.2, 0) is 4.74 Å². The standard InChI is InChI=1S/C11H17N3O2/c1-3-4-12-11-13-5-8(2)10(14-11)16-9-6-15-7-9/h5,9H,3-4,6-7H2,1-2H3,(H,12,13,14). The third-order valence-corrected chi connectivity index (χ3v) is 2.34. The lowest BCUT2D eigenvalue weighted by Crippen LogP contribution is -2.39. The number of aromatic nitrogens is 2. The van der Waals surface area contributed by atoms with Gasteiger partial charge in [-0.05, 0) is 13.3 Å². The maximum absolute atomic E-state index is 5.69. The number of anilines is 1. The van der Waals surface area contributed by atoms with Crippen LogP contribution in [0, 0.1) is 6.92 Å². The van der Waals surface area contributed by atoms with Gasteiger partial charge in [0, 0.05) is 18.3 Å². The number of aryl methyl sites for hydroxylation is 1. The van der Waals surface area contributed by atoms with Gasteiger partial charge in [0.15, 0.2) is 0 Å². The summed E-state index contributed by atoms with van der Waals surface area (Å²) in [7, 11) is 0. The average molecular weight is 223 g/mol. The Hall–Kier alpha value is -1.36. The van der Waals surface area contributed by atoms with E-state index in [0.717, 1.165) is 18.5 Å². The number of rotatable bonds is 5. The number of ether oxygens (including phenoxy) is 2. The molecule has 0 spiro atoms. The molecule has 0 aliphatic carbocycles. The van der Waals surface area contributed by atoms with Crippen molar-refractivity contribution in [1.29, 1.82) is 0 Å². The Bertz CT molecular complexity index is 353. The van der Waals surface area contributed by atoms with Crippen LogP contribution in [0.15, 0.2) is 6.20 Å². The zero-order chi connectivity index (χ0) is 11.4. The van der Waals surface area contributed by atoms with Crippen molar-refractivity contribution in [3.8, 4) is 5.88 Å². The van der Waals surface area contributed by atoms with Crippen molar-refractivity contribution < 1.29 is 9.47 Å². The summed E-state index contributed by atoms with van der Waals surface area (Å²) >= 11 is 0. The molecule has 5 nitrogen and oxygen atoms in total. The summed E-state index contributed by atoms with van der Waals surface area (Å²) in [5, 5.41) is 3.14. The van der Waals surface area contributed by atoms with Crippen molar-refractivity contribution >= 4 is 5.95 Å². The number of nitrogens with one attached hydrogen (secondary N) is 1. The van der Waals surface area contributed by atoms with Gasteiger partial charge in [-0.25, -0.2) is 4.98 Å². The minimum atomic E-state index is 0.146. The quantitative estimate of drug-likeness (QED) is 0.817. The average Bonchev–Trinajstić information content (AvgIpc) is 2.23. The molecule has 1 aliphatic rings. The molecule has 0 unspecified atom stereocenters. The molecule has 0 bridgehead atoms. The molecule has 0 aromatic carbocycles. The third kappa shape index (κ3) is 2.61. The van der Waals surface area contributed by atoms with Crippen LogP contribution in [0.5, 0.6) is 5.88 Å². The van der Waals surface area contributed by atoms with Crippen molar-refractivity contribution in [2.75, 3.05) is 25.1 Å². The second kappa shape index (κ2) is 5.12. The van der Waals surface area contributed by atoms with E-state index in [1.807, 2.05) is 6.92 Å². The maximum atomic E-state index is 5.69. The van der Waals surface area contributed by atoms with E-state index >= 15 is 0 Å². The second-order valence-electron chi connectivity index (χ2n) is 3.89. The molecule has 88 valence electrons. The Balaban J connectivity index is 2.02. The van der Waals surface area contributed by atoms with Crippen molar-refractivity contribution in [2.24, 2.45) is 0 Å².